The van der Waals surface area contributed by atoms with Crippen LogP contribution in [0.1, 0.15) is 17.7 Å². The molecule has 0 saturated carbocycles. The van der Waals surface area contributed by atoms with E-state index in [0.717, 1.165) is 0 Å². The Bertz CT molecular complexity index is 739. The number of hydrazone groups is 1. The second-order valence-electron chi connectivity index (χ2n) is 4.72. The largest absolute Gasteiger partial charge is 0.390 e. The van der Waals surface area contributed by atoms with E-state index < -0.39 is 4.92 Å². The van der Waals surface area contributed by atoms with Crippen molar-refractivity contribution in [1.82, 2.24) is 15.2 Å². The number of rotatable bonds is 6. The Morgan fingerprint density at radius 1 is 1.48 bits per heavy atom. The molecular formula is C14H14FN5O3. The Morgan fingerprint density at radius 3 is 2.78 bits per heavy atom. The lowest BCUT2D eigenvalue weighted by Crippen LogP contribution is -2.20. The van der Waals surface area contributed by atoms with Gasteiger partial charge in [0.1, 0.15) is 5.82 Å². The third kappa shape index (κ3) is 4.70. The smallest absolute Gasteiger partial charge is 0.358 e. The SMILES string of the molecule is Cc1cc([N+](=O)[O-])nn1CCC(=O)NN=Cc1ccc(F)cc1. The number of hydrogen-bond acceptors (Lipinski definition) is 5. The van der Waals surface area contributed by atoms with Crippen molar-refractivity contribution in [2.75, 3.05) is 0 Å². The summed E-state index contributed by atoms with van der Waals surface area (Å²) in [6.07, 6.45) is 1.46. The highest BCUT2D eigenvalue weighted by atomic mass is 19.1. The van der Waals surface area contributed by atoms with Gasteiger partial charge < -0.3 is 10.1 Å². The summed E-state index contributed by atoms with van der Waals surface area (Å²) in [7, 11) is 0. The first-order valence-electron chi connectivity index (χ1n) is 6.72. The minimum atomic E-state index is -0.587. The van der Waals surface area contributed by atoms with Crippen molar-refractivity contribution in [3.63, 3.8) is 0 Å². The number of benzene rings is 1. The van der Waals surface area contributed by atoms with Crippen LogP contribution in [0, 0.1) is 22.9 Å². The van der Waals surface area contributed by atoms with Crippen molar-refractivity contribution in [2.24, 2.45) is 5.10 Å². The van der Waals surface area contributed by atoms with Crippen LogP contribution < -0.4 is 5.43 Å². The molecule has 8 nitrogen and oxygen atoms in total. The summed E-state index contributed by atoms with van der Waals surface area (Å²) in [6.45, 7) is 1.88. The summed E-state index contributed by atoms with van der Waals surface area (Å²) in [5.41, 5.74) is 3.57. The maximum Gasteiger partial charge on any atom is 0.390 e. The molecule has 0 atom stereocenters. The van der Waals surface area contributed by atoms with Crippen LogP contribution in [0.2, 0.25) is 0 Å². The molecule has 1 aromatic carbocycles. The van der Waals surface area contributed by atoms with Gasteiger partial charge in [-0.2, -0.15) is 9.78 Å². The van der Waals surface area contributed by atoms with E-state index in [2.05, 4.69) is 15.6 Å². The molecule has 0 aliphatic heterocycles. The molecule has 0 fully saturated rings. The lowest BCUT2D eigenvalue weighted by Gasteiger charge is -2.00. The third-order valence-corrected chi connectivity index (χ3v) is 2.98. The first-order valence-corrected chi connectivity index (χ1v) is 6.72. The summed E-state index contributed by atoms with van der Waals surface area (Å²) < 4.78 is 14.1. The van der Waals surface area contributed by atoms with Gasteiger partial charge in [0, 0.05) is 6.42 Å². The number of carbonyl (C=O) groups excluding carboxylic acids is 1. The van der Waals surface area contributed by atoms with Crippen molar-refractivity contribution in [1.29, 1.82) is 0 Å². The van der Waals surface area contributed by atoms with E-state index in [1.54, 1.807) is 6.92 Å². The molecular weight excluding hydrogens is 305 g/mol. The average molecular weight is 319 g/mol. The van der Waals surface area contributed by atoms with E-state index >= 15 is 0 Å². The van der Waals surface area contributed by atoms with Gasteiger partial charge in [0.2, 0.25) is 5.91 Å². The monoisotopic (exact) mass is 319 g/mol. The normalized spacial score (nSPS) is 10.9. The Kier molecular flexibility index (Phi) is 5.13. The van der Waals surface area contributed by atoms with Crippen LogP contribution in [0.25, 0.3) is 0 Å². The van der Waals surface area contributed by atoms with Gasteiger partial charge in [0.25, 0.3) is 0 Å². The highest BCUT2D eigenvalue weighted by Gasteiger charge is 2.15. The lowest BCUT2D eigenvalue weighted by atomic mass is 10.2. The number of nitrogens with zero attached hydrogens (tertiary/aromatic N) is 4. The molecule has 0 radical (unpaired) electrons. The van der Waals surface area contributed by atoms with Gasteiger partial charge in [0.05, 0.1) is 29.6 Å². The summed E-state index contributed by atoms with van der Waals surface area (Å²) in [5.74, 6) is -0.965. The molecule has 120 valence electrons. The van der Waals surface area contributed by atoms with Crippen molar-refractivity contribution >= 4 is 17.9 Å². The first kappa shape index (κ1) is 16.3. The second kappa shape index (κ2) is 7.25. The van der Waals surface area contributed by atoms with Crippen molar-refractivity contribution in [2.45, 2.75) is 19.9 Å². The molecule has 0 aliphatic carbocycles. The Morgan fingerprint density at radius 2 is 2.17 bits per heavy atom. The van der Waals surface area contributed by atoms with Crippen LogP contribution in [-0.4, -0.2) is 26.8 Å². The summed E-state index contributed by atoms with van der Waals surface area (Å²) in [4.78, 5) is 21.7. The van der Waals surface area contributed by atoms with Crippen LogP contribution in [0.5, 0.6) is 0 Å². The number of nitro groups is 1. The minimum absolute atomic E-state index is 0.0699. The van der Waals surface area contributed by atoms with Crippen LogP contribution in [0.4, 0.5) is 10.2 Å². The van der Waals surface area contributed by atoms with Gasteiger partial charge in [0.15, 0.2) is 0 Å². The van der Waals surface area contributed by atoms with E-state index in [9.17, 15) is 19.3 Å². The molecule has 23 heavy (non-hydrogen) atoms. The molecule has 0 saturated heterocycles. The third-order valence-electron chi connectivity index (χ3n) is 2.98. The first-order chi connectivity index (χ1) is 11.0. The molecule has 0 spiro atoms. The molecule has 1 amide bonds. The number of carbonyl (C=O) groups is 1. The van der Waals surface area contributed by atoms with Gasteiger partial charge in [-0.05, 0) is 29.5 Å². The van der Waals surface area contributed by atoms with Crippen LogP contribution >= 0.6 is 0 Å². The molecule has 1 heterocycles. The predicted octanol–water partition coefficient (Wildman–Crippen LogP) is 1.78. The fourth-order valence-corrected chi connectivity index (χ4v) is 1.80. The number of aromatic nitrogens is 2. The fourth-order valence-electron chi connectivity index (χ4n) is 1.80. The highest BCUT2D eigenvalue weighted by Crippen LogP contribution is 2.11. The van der Waals surface area contributed by atoms with Gasteiger partial charge in [-0.25, -0.2) is 9.82 Å². The zero-order chi connectivity index (χ0) is 16.8. The second-order valence-corrected chi connectivity index (χ2v) is 4.72. The molecule has 0 aliphatic rings. The minimum Gasteiger partial charge on any atom is -0.358 e. The topological polar surface area (TPSA) is 102 Å². The number of aryl methyl sites for hydroxylation is 2. The maximum atomic E-state index is 12.7. The summed E-state index contributed by atoms with van der Waals surface area (Å²) in [6, 6.07) is 6.96. The summed E-state index contributed by atoms with van der Waals surface area (Å²) >= 11 is 0. The molecule has 0 bridgehead atoms. The van der Waals surface area contributed by atoms with Gasteiger partial charge >= 0.3 is 5.82 Å². The van der Waals surface area contributed by atoms with Gasteiger partial charge in [-0.3, -0.25) is 4.79 Å². The number of hydrogen-bond donors (Lipinski definition) is 1. The Hall–Kier alpha value is -3.10. The highest BCUT2D eigenvalue weighted by molar-refractivity contribution is 5.82. The molecule has 2 aromatic rings. The van der Waals surface area contributed by atoms with Crippen LogP contribution in [-0.2, 0) is 11.3 Å². The molecule has 1 N–H and O–H groups in total. The van der Waals surface area contributed by atoms with Gasteiger partial charge in [-0.15, -0.1) is 0 Å². The van der Waals surface area contributed by atoms with E-state index in [1.165, 1.54) is 41.2 Å². The van der Waals surface area contributed by atoms with Crippen molar-refractivity contribution in [3.8, 4) is 0 Å². The number of halogens is 1. The fraction of sp³-hybridized carbons (Fsp3) is 0.214. The molecule has 2 rings (SSSR count). The zero-order valence-corrected chi connectivity index (χ0v) is 12.3. The van der Waals surface area contributed by atoms with E-state index in [4.69, 9.17) is 0 Å². The Balaban J connectivity index is 1.83. The quantitative estimate of drug-likeness (QED) is 0.498. The van der Waals surface area contributed by atoms with E-state index in [-0.39, 0.29) is 30.5 Å². The van der Waals surface area contributed by atoms with Crippen LogP contribution in [0.3, 0.4) is 0 Å². The zero-order valence-electron chi connectivity index (χ0n) is 12.3. The molecule has 1 aromatic heterocycles. The maximum absolute atomic E-state index is 12.7. The van der Waals surface area contributed by atoms with E-state index in [1.807, 2.05) is 0 Å². The number of nitrogens with one attached hydrogen (secondary N) is 1. The predicted molar refractivity (Wildman–Crippen MR) is 80.4 cm³/mol. The van der Waals surface area contributed by atoms with Gasteiger partial charge in [-0.1, -0.05) is 12.1 Å². The lowest BCUT2D eigenvalue weighted by molar-refractivity contribution is -0.389. The van der Waals surface area contributed by atoms with E-state index in [0.29, 0.717) is 11.3 Å². The van der Waals surface area contributed by atoms with Crippen molar-refractivity contribution < 1.29 is 14.1 Å². The number of amides is 1. The standard InChI is InChI=1S/C14H14FN5O3/c1-10-8-13(20(22)23)18-19(10)7-6-14(21)17-16-9-11-2-4-12(15)5-3-11/h2-5,8-9H,6-7H2,1H3,(H,17,21). The van der Waals surface area contributed by atoms with Crippen LogP contribution in [0.15, 0.2) is 35.4 Å². The average Bonchev–Trinajstić information content (AvgIpc) is 2.89. The van der Waals surface area contributed by atoms with Crippen molar-refractivity contribution in [3.05, 3.63) is 57.5 Å². The molecule has 9 heteroatoms. The molecule has 0 unspecified atom stereocenters. The Labute approximate surface area is 130 Å². The summed E-state index contributed by atoms with van der Waals surface area (Å²) in [5, 5.41) is 18.1.